The maximum absolute atomic E-state index is 11.6. The van der Waals surface area contributed by atoms with Crippen molar-refractivity contribution in [3.63, 3.8) is 0 Å². The summed E-state index contributed by atoms with van der Waals surface area (Å²) in [5, 5.41) is 11.8. The number of carbonyl (C=O) groups excluding carboxylic acids is 1. The third-order valence-electron chi connectivity index (χ3n) is 3.09. The van der Waals surface area contributed by atoms with Gasteiger partial charge in [-0.15, -0.1) is 5.10 Å². The van der Waals surface area contributed by atoms with Crippen molar-refractivity contribution in [2.45, 2.75) is 26.8 Å². The average Bonchev–Trinajstić information content (AvgIpc) is 2.97. The Morgan fingerprint density at radius 1 is 1.45 bits per heavy atom. The van der Waals surface area contributed by atoms with Gasteiger partial charge in [0, 0.05) is 12.0 Å². The predicted molar refractivity (Wildman–Crippen MR) is 69.2 cm³/mol. The summed E-state index contributed by atoms with van der Waals surface area (Å²) < 4.78 is 11.4. The van der Waals surface area contributed by atoms with Crippen LogP contribution >= 0.6 is 0 Å². The van der Waals surface area contributed by atoms with Crippen molar-refractivity contribution in [1.82, 2.24) is 20.2 Å². The minimum atomic E-state index is -0.515. The van der Waals surface area contributed by atoms with E-state index < -0.39 is 5.97 Å². The molecule has 0 fully saturated rings. The number of nitrogens with zero attached hydrogens (tertiary/aromatic N) is 4. The Kier molecular flexibility index (Phi) is 4.14. The van der Waals surface area contributed by atoms with Crippen LogP contribution in [0.2, 0.25) is 0 Å². The maximum Gasteiger partial charge on any atom is 0.360 e. The molecular weight excluding hydrogens is 262 g/mol. The van der Waals surface area contributed by atoms with E-state index in [4.69, 9.17) is 15.0 Å². The Labute approximate surface area is 115 Å². The average molecular weight is 279 g/mol. The molecule has 20 heavy (non-hydrogen) atoms. The van der Waals surface area contributed by atoms with E-state index in [0.29, 0.717) is 25.2 Å². The van der Waals surface area contributed by atoms with Crippen molar-refractivity contribution in [1.29, 1.82) is 0 Å². The summed E-state index contributed by atoms with van der Waals surface area (Å²) >= 11 is 0. The number of nitrogens with two attached hydrogens (primary N) is 1. The second-order valence-electron chi connectivity index (χ2n) is 4.38. The van der Waals surface area contributed by atoms with Gasteiger partial charge in [0.15, 0.2) is 5.69 Å². The fraction of sp³-hybridized carbons (Fsp3) is 0.500. The van der Waals surface area contributed by atoms with E-state index in [1.807, 2.05) is 13.8 Å². The van der Waals surface area contributed by atoms with Gasteiger partial charge in [0.2, 0.25) is 0 Å². The van der Waals surface area contributed by atoms with Crippen LogP contribution in [0.4, 0.5) is 0 Å². The Morgan fingerprint density at radius 2 is 2.20 bits per heavy atom. The lowest BCUT2D eigenvalue weighted by Gasteiger charge is -2.06. The van der Waals surface area contributed by atoms with Crippen LogP contribution in [0.1, 0.15) is 33.2 Å². The lowest BCUT2D eigenvalue weighted by molar-refractivity contribution is 0.0592. The first kappa shape index (κ1) is 14.2. The van der Waals surface area contributed by atoms with Crippen molar-refractivity contribution in [2.24, 2.45) is 5.73 Å². The standard InChI is InChI=1S/C12H17N5O3/c1-7-9(8(2)20-15-7)6-17-10(4-5-13)11(14-16-17)12(18)19-3/h4-6,13H2,1-3H3. The highest BCUT2D eigenvalue weighted by atomic mass is 16.5. The van der Waals surface area contributed by atoms with Crippen LogP contribution in [0.5, 0.6) is 0 Å². The largest absolute Gasteiger partial charge is 0.464 e. The quantitative estimate of drug-likeness (QED) is 0.779. The molecule has 0 saturated heterocycles. The fourth-order valence-electron chi connectivity index (χ4n) is 1.98. The Bertz CT molecular complexity index is 597. The number of hydrogen-bond acceptors (Lipinski definition) is 7. The summed E-state index contributed by atoms with van der Waals surface area (Å²) in [6.45, 7) is 4.50. The molecule has 0 radical (unpaired) electrons. The highest BCUT2D eigenvalue weighted by Gasteiger charge is 2.21. The molecule has 0 atom stereocenters. The van der Waals surface area contributed by atoms with E-state index in [2.05, 4.69) is 15.5 Å². The van der Waals surface area contributed by atoms with Gasteiger partial charge < -0.3 is 15.0 Å². The topological polar surface area (TPSA) is 109 Å². The van der Waals surface area contributed by atoms with Crippen LogP contribution in [0, 0.1) is 13.8 Å². The first-order valence-electron chi connectivity index (χ1n) is 6.21. The molecule has 8 heteroatoms. The SMILES string of the molecule is COC(=O)c1nnn(Cc2c(C)noc2C)c1CCN. The van der Waals surface area contributed by atoms with E-state index in [-0.39, 0.29) is 5.69 Å². The van der Waals surface area contributed by atoms with E-state index in [9.17, 15) is 4.79 Å². The third-order valence-corrected chi connectivity index (χ3v) is 3.09. The van der Waals surface area contributed by atoms with Crippen molar-refractivity contribution < 1.29 is 14.1 Å². The smallest absolute Gasteiger partial charge is 0.360 e. The molecule has 0 bridgehead atoms. The van der Waals surface area contributed by atoms with Gasteiger partial charge in [0.05, 0.1) is 25.0 Å². The minimum Gasteiger partial charge on any atom is -0.464 e. The van der Waals surface area contributed by atoms with Crippen molar-refractivity contribution in [3.05, 3.63) is 28.4 Å². The molecule has 2 aromatic heterocycles. The molecule has 2 aromatic rings. The molecule has 0 amide bonds. The number of aromatic nitrogens is 4. The lowest BCUT2D eigenvalue weighted by atomic mass is 10.2. The number of esters is 1. The molecular formula is C12H17N5O3. The number of aryl methyl sites for hydroxylation is 2. The predicted octanol–water partition coefficient (Wildman–Crippen LogP) is 0.219. The number of carbonyl (C=O) groups is 1. The maximum atomic E-state index is 11.6. The zero-order valence-corrected chi connectivity index (χ0v) is 11.7. The molecule has 0 aromatic carbocycles. The zero-order chi connectivity index (χ0) is 14.7. The van der Waals surface area contributed by atoms with Gasteiger partial charge in [-0.25, -0.2) is 9.48 Å². The summed E-state index contributed by atoms with van der Waals surface area (Å²) in [5.74, 6) is 0.203. The molecule has 0 aliphatic rings. The summed E-state index contributed by atoms with van der Waals surface area (Å²) in [6, 6.07) is 0. The highest BCUT2D eigenvalue weighted by molar-refractivity contribution is 5.88. The van der Waals surface area contributed by atoms with Gasteiger partial charge in [-0.2, -0.15) is 0 Å². The van der Waals surface area contributed by atoms with Gasteiger partial charge in [-0.3, -0.25) is 0 Å². The van der Waals surface area contributed by atoms with Crippen molar-refractivity contribution in [3.8, 4) is 0 Å². The van der Waals surface area contributed by atoms with Crippen LogP contribution in [0.15, 0.2) is 4.52 Å². The lowest BCUT2D eigenvalue weighted by Crippen LogP contribution is -2.15. The number of ether oxygens (including phenoxy) is 1. The second kappa shape index (κ2) is 5.83. The van der Waals surface area contributed by atoms with E-state index in [0.717, 1.165) is 17.0 Å². The molecule has 2 N–H and O–H groups in total. The minimum absolute atomic E-state index is 0.199. The molecule has 0 aliphatic heterocycles. The van der Waals surface area contributed by atoms with Crippen LogP contribution in [-0.2, 0) is 17.7 Å². The first-order valence-corrected chi connectivity index (χ1v) is 6.21. The molecule has 0 unspecified atom stereocenters. The Balaban J connectivity index is 2.37. The van der Waals surface area contributed by atoms with E-state index in [1.165, 1.54) is 7.11 Å². The van der Waals surface area contributed by atoms with Crippen LogP contribution in [0.3, 0.4) is 0 Å². The second-order valence-corrected chi connectivity index (χ2v) is 4.38. The summed E-state index contributed by atoms with van der Waals surface area (Å²) in [6.07, 6.45) is 0.487. The molecule has 0 aliphatic carbocycles. The first-order chi connectivity index (χ1) is 9.58. The Morgan fingerprint density at radius 3 is 2.75 bits per heavy atom. The molecule has 108 valence electrons. The van der Waals surface area contributed by atoms with Crippen LogP contribution in [-0.4, -0.2) is 39.8 Å². The molecule has 2 heterocycles. The number of methoxy groups -OCH3 is 1. The van der Waals surface area contributed by atoms with Gasteiger partial charge in [0.25, 0.3) is 0 Å². The Hall–Kier alpha value is -2.22. The van der Waals surface area contributed by atoms with Crippen molar-refractivity contribution >= 4 is 5.97 Å². The van der Waals surface area contributed by atoms with E-state index in [1.54, 1.807) is 4.68 Å². The zero-order valence-electron chi connectivity index (χ0n) is 11.7. The van der Waals surface area contributed by atoms with Crippen LogP contribution in [0.25, 0.3) is 0 Å². The molecule has 0 saturated carbocycles. The monoisotopic (exact) mass is 279 g/mol. The van der Waals surface area contributed by atoms with Gasteiger partial charge in [-0.05, 0) is 20.4 Å². The third kappa shape index (κ3) is 2.55. The molecule has 0 spiro atoms. The van der Waals surface area contributed by atoms with Gasteiger partial charge >= 0.3 is 5.97 Å². The van der Waals surface area contributed by atoms with Crippen molar-refractivity contribution in [2.75, 3.05) is 13.7 Å². The normalized spacial score (nSPS) is 10.8. The highest BCUT2D eigenvalue weighted by Crippen LogP contribution is 2.16. The summed E-state index contributed by atoms with van der Waals surface area (Å²) in [5.41, 5.74) is 8.14. The van der Waals surface area contributed by atoms with E-state index >= 15 is 0 Å². The van der Waals surface area contributed by atoms with Gasteiger partial charge in [0.1, 0.15) is 5.76 Å². The summed E-state index contributed by atoms with van der Waals surface area (Å²) in [7, 11) is 1.31. The fourth-order valence-corrected chi connectivity index (χ4v) is 1.98. The molecule has 8 nitrogen and oxygen atoms in total. The number of rotatable bonds is 5. The number of hydrogen-bond donors (Lipinski definition) is 1. The van der Waals surface area contributed by atoms with Crippen LogP contribution < -0.4 is 5.73 Å². The van der Waals surface area contributed by atoms with Gasteiger partial charge in [-0.1, -0.05) is 10.4 Å². The molecule has 2 rings (SSSR count). The summed E-state index contributed by atoms with van der Waals surface area (Å²) in [4.78, 5) is 11.6.